The van der Waals surface area contributed by atoms with Gasteiger partial charge in [0.1, 0.15) is 0 Å². The first-order valence-electron chi connectivity index (χ1n) is 3.62. The van der Waals surface area contributed by atoms with Crippen LogP contribution in [0.5, 0.6) is 0 Å². The van der Waals surface area contributed by atoms with Gasteiger partial charge in [-0.25, -0.2) is 0 Å². The van der Waals surface area contributed by atoms with Crippen molar-refractivity contribution >= 4 is 9.52 Å². The summed E-state index contributed by atoms with van der Waals surface area (Å²) in [7, 11) is 0.417. The van der Waals surface area contributed by atoms with Crippen molar-refractivity contribution in [1.82, 2.24) is 0 Å². The van der Waals surface area contributed by atoms with Gasteiger partial charge in [0, 0.05) is 14.9 Å². The first kappa shape index (κ1) is 12.4. The minimum absolute atomic E-state index is 0.0590. The van der Waals surface area contributed by atoms with Crippen LogP contribution in [0.2, 0.25) is 13.1 Å². The molecule has 60 valence electrons. The molecule has 0 radical (unpaired) electrons. The maximum atomic E-state index is 8.45. The molecule has 0 saturated carbocycles. The van der Waals surface area contributed by atoms with Gasteiger partial charge in [0.2, 0.25) is 0 Å². The monoisotopic (exact) mass is 158 g/mol. The van der Waals surface area contributed by atoms with Crippen LogP contribution in [-0.4, -0.2) is 21.2 Å². The summed E-state index contributed by atoms with van der Waals surface area (Å²) in [5, 5.41) is 8.45. The minimum Gasteiger partial charge on any atom is -0.395 e. The molecule has 10 heavy (non-hydrogen) atoms. The lowest BCUT2D eigenvalue weighted by atomic mass is 9.97. The predicted octanol–water partition coefficient (Wildman–Crippen LogP) is 0.889. The van der Waals surface area contributed by atoms with E-state index in [1.54, 1.807) is 0 Å². The first-order chi connectivity index (χ1) is 4.54. The summed E-state index contributed by atoms with van der Waals surface area (Å²) in [6.07, 6.45) is 5.01. The standard InChI is InChI=1S/C6H10O.C2H8Si/c1-4-6(2,3)5-7;1-3-2/h1,7H,5H2,2-3H3;3H2,1-2H3. The van der Waals surface area contributed by atoms with E-state index in [9.17, 15) is 0 Å². The third-order valence-corrected chi connectivity index (χ3v) is 0.786. The van der Waals surface area contributed by atoms with Crippen LogP contribution >= 0.6 is 0 Å². The smallest absolute Gasteiger partial charge is 0.0591 e. The molecule has 0 saturated heterocycles. The van der Waals surface area contributed by atoms with Gasteiger partial charge in [-0.15, -0.1) is 6.42 Å². The predicted molar refractivity (Wildman–Crippen MR) is 50.0 cm³/mol. The Morgan fingerprint density at radius 1 is 1.50 bits per heavy atom. The van der Waals surface area contributed by atoms with Crippen molar-refractivity contribution in [2.24, 2.45) is 5.41 Å². The Kier molecular flexibility index (Phi) is 8.51. The zero-order valence-corrected chi connectivity index (χ0v) is 8.85. The zero-order valence-electron chi connectivity index (χ0n) is 7.44. The van der Waals surface area contributed by atoms with Gasteiger partial charge in [-0.05, 0) is 13.8 Å². The number of rotatable bonds is 1. The summed E-state index contributed by atoms with van der Waals surface area (Å²) in [5.74, 6) is 2.44. The van der Waals surface area contributed by atoms with Crippen molar-refractivity contribution in [3.63, 3.8) is 0 Å². The van der Waals surface area contributed by atoms with Crippen LogP contribution in [0.3, 0.4) is 0 Å². The van der Waals surface area contributed by atoms with Crippen LogP contribution in [0.4, 0.5) is 0 Å². The topological polar surface area (TPSA) is 20.2 Å². The number of hydrogen-bond acceptors (Lipinski definition) is 1. The molecule has 1 N–H and O–H groups in total. The van der Waals surface area contributed by atoms with E-state index in [-0.39, 0.29) is 12.0 Å². The van der Waals surface area contributed by atoms with Gasteiger partial charge in [-0.2, -0.15) is 0 Å². The number of aliphatic hydroxyl groups is 1. The summed E-state index contributed by atoms with van der Waals surface area (Å²) >= 11 is 0. The highest BCUT2D eigenvalue weighted by Gasteiger charge is 2.09. The van der Waals surface area contributed by atoms with Crippen LogP contribution in [0.1, 0.15) is 13.8 Å². The van der Waals surface area contributed by atoms with Crippen molar-refractivity contribution in [3.05, 3.63) is 0 Å². The second-order valence-electron chi connectivity index (χ2n) is 2.89. The average Bonchev–Trinajstić information content (AvgIpc) is 1.90. The molecule has 0 bridgehead atoms. The second-order valence-corrected chi connectivity index (χ2v) is 4.31. The van der Waals surface area contributed by atoms with Gasteiger partial charge in [0.25, 0.3) is 0 Å². The second kappa shape index (κ2) is 6.85. The Labute approximate surface area is 66.7 Å². The van der Waals surface area contributed by atoms with Crippen LogP contribution in [0, 0.1) is 17.8 Å². The number of terminal acetylenes is 1. The fraction of sp³-hybridized carbons (Fsp3) is 0.750. The third-order valence-electron chi connectivity index (χ3n) is 0.786. The quantitative estimate of drug-likeness (QED) is 0.444. The lowest BCUT2D eigenvalue weighted by Gasteiger charge is -2.10. The van der Waals surface area contributed by atoms with Crippen LogP contribution in [0.15, 0.2) is 0 Å². The maximum Gasteiger partial charge on any atom is 0.0591 e. The normalized spacial score (nSPS) is 9.20. The van der Waals surface area contributed by atoms with Gasteiger partial charge < -0.3 is 5.11 Å². The number of hydrogen-bond donors (Lipinski definition) is 1. The fourth-order valence-electron chi connectivity index (χ4n) is 0.0456. The van der Waals surface area contributed by atoms with E-state index in [2.05, 4.69) is 19.0 Å². The molecular weight excluding hydrogens is 140 g/mol. The molecule has 0 spiro atoms. The molecule has 0 heterocycles. The van der Waals surface area contributed by atoms with E-state index in [1.165, 1.54) is 0 Å². The molecule has 0 aromatic heterocycles. The SMILES string of the molecule is C#CC(C)(C)CO.C[SiH2]C. The molecule has 0 amide bonds. The van der Waals surface area contributed by atoms with Crippen molar-refractivity contribution in [2.45, 2.75) is 26.9 Å². The van der Waals surface area contributed by atoms with Gasteiger partial charge in [0.15, 0.2) is 0 Å². The molecule has 0 aliphatic rings. The molecular formula is C8H18OSi. The first-order valence-corrected chi connectivity index (χ1v) is 6.45. The largest absolute Gasteiger partial charge is 0.395 e. The summed E-state index contributed by atoms with van der Waals surface area (Å²) in [5.41, 5.74) is -0.333. The zero-order chi connectivity index (χ0) is 8.62. The molecule has 0 aliphatic carbocycles. The molecule has 0 rings (SSSR count). The van der Waals surface area contributed by atoms with Gasteiger partial charge >= 0.3 is 0 Å². The molecule has 0 aliphatic heterocycles. The fourth-order valence-corrected chi connectivity index (χ4v) is 0.0456. The summed E-state index contributed by atoms with van der Waals surface area (Å²) in [4.78, 5) is 0. The lowest BCUT2D eigenvalue weighted by molar-refractivity contribution is 0.207. The number of aliphatic hydroxyl groups excluding tert-OH is 1. The van der Waals surface area contributed by atoms with Gasteiger partial charge in [0.05, 0.1) is 6.61 Å². The summed E-state index contributed by atoms with van der Waals surface area (Å²) in [6.45, 7) is 8.21. The Balaban J connectivity index is 0. The van der Waals surface area contributed by atoms with Gasteiger partial charge in [-0.3, -0.25) is 0 Å². The summed E-state index contributed by atoms with van der Waals surface area (Å²) < 4.78 is 0. The van der Waals surface area contributed by atoms with Crippen LogP contribution in [-0.2, 0) is 0 Å². The highest BCUT2D eigenvalue weighted by atomic mass is 28.2. The van der Waals surface area contributed by atoms with E-state index in [4.69, 9.17) is 11.5 Å². The maximum absolute atomic E-state index is 8.45. The Morgan fingerprint density at radius 2 is 1.80 bits per heavy atom. The molecule has 0 fully saturated rings. The Bertz CT molecular complexity index is 102. The van der Waals surface area contributed by atoms with Crippen molar-refractivity contribution in [3.8, 4) is 12.3 Å². The molecule has 0 aromatic carbocycles. The molecule has 0 unspecified atom stereocenters. The van der Waals surface area contributed by atoms with E-state index in [0.717, 1.165) is 0 Å². The lowest BCUT2D eigenvalue weighted by Crippen LogP contribution is -2.12. The third kappa shape index (κ3) is 10.7. The van der Waals surface area contributed by atoms with Crippen molar-refractivity contribution < 1.29 is 5.11 Å². The minimum atomic E-state index is -0.333. The van der Waals surface area contributed by atoms with E-state index in [1.807, 2.05) is 13.8 Å². The summed E-state index contributed by atoms with van der Waals surface area (Å²) in [6, 6.07) is 0. The van der Waals surface area contributed by atoms with E-state index in [0.29, 0.717) is 9.52 Å². The molecule has 0 atom stereocenters. The van der Waals surface area contributed by atoms with E-state index < -0.39 is 0 Å². The Hall–Kier alpha value is -0.263. The van der Waals surface area contributed by atoms with Crippen LogP contribution < -0.4 is 0 Å². The van der Waals surface area contributed by atoms with E-state index >= 15 is 0 Å². The highest BCUT2D eigenvalue weighted by molar-refractivity contribution is 6.31. The molecule has 1 nitrogen and oxygen atoms in total. The Morgan fingerprint density at radius 3 is 1.80 bits per heavy atom. The van der Waals surface area contributed by atoms with Crippen molar-refractivity contribution in [2.75, 3.05) is 6.61 Å². The molecule has 2 heteroatoms. The highest BCUT2D eigenvalue weighted by Crippen LogP contribution is 2.09. The molecule has 0 aromatic rings. The average molecular weight is 158 g/mol. The van der Waals surface area contributed by atoms with Crippen LogP contribution in [0.25, 0.3) is 0 Å². The van der Waals surface area contributed by atoms with Gasteiger partial charge in [-0.1, -0.05) is 19.0 Å². The van der Waals surface area contributed by atoms with Crippen molar-refractivity contribution in [1.29, 1.82) is 0 Å².